The lowest BCUT2D eigenvalue weighted by Crippen LogP contribution is -2.36. The van der Waals surface area contributed by atoms with Gasteiger partial charge in [0, 0.05) is 37.5 Å². The zero-order chi connectivity index (χ0) is 16.0. The second kappa shape index (κ2) is 5.73. The van der Waals surface area contributed by atoms with E-state index >= 15 is 0 Å². The molecule has 1 aromatic heterocycles. The summed E-state index contributed by atoms with van der Waals surface area (Å²) in [5.41, 5.74) is 2.12. The molecule has 2 aliphatic rings. The summed E-state index contributed by atoms with van der Waals surface area (Å²) in [5.74, 6) is 0.894. The van der Waals surface area contributed by atoms with Gasteiger partial charge in [0.1, 0.15) is 11.6 Å². The molecule has 0 saturated heterocycles. The van der Waals surface area contributed by atoms with Crippen LogP contribution in [0.25, 0.3) is 0 Å². The van der Waals surface area contributed by atoms with Crippen LogP contribution < -0.4 is 5.56 Å². The van der Waals surface area contributed by atoms with Gasteiger partial charge in [0.05, 0.1) is 16.3 Å². The fraction of sp³-hybridized carbons (Fsp3) is 0.412. The van der Waals surface area contributed by atoms with E-state index in [4.69, 9.17) is 11.6 Å². The van der Waals surface area contributed by atoms with E-state index in [1.165, 1.54) is 0 Å². The highest BCUT2D eigenvalue weighted by Crippen LogP contribution is 2.37. The molecule has 1 aliphatic heterocycles. The van der Waals surface area contributed by atoms with Crippen LogP contribution in [-0.2, 0) is 19.5 Å². The van der Waals surface area contributed by atoms with Crippen LogP contribution >= 0.6 is 11.6 Å². The van der Waals surface area contributed by atoms with Gasteiger partial charge in [-0.2, -0.15) is 0 Å². The number of halogens is 2. The van der Waals surface area contributed by atoms with Crippen molar-refractivity contribution in [1.29, 1.82) is 0 Å². The Morgan fingerprint density at radius 2 is 2.22 bits per heavy atom. The van der Waals surface area contributed by atoms with Crippen LogP contribution in [0.4, 0.5) is 4.39 Å². The van der Waals surface area contributed by atoms with Gasteiger partial charge in [-0.25, -0.2) is 9.37 Å². The lowest BCUT2D eigenvalue weighted by atomic mass is 10.1. The normalized spacial score (nSPS) is 18.0. The van der Waals surface area contributed by atoms with Gasteiger partial charge in [0.15, 0.2) is 0 Å². The minimum absolute atomic E-state index is 0.0480. The fourth-order valence-corrected chi connectivity index (χ4v) is 3.29. The molecule has 0 unspecified atom stereocenters. The number of hydrogen-bond donors (Lipinski definition) is 1. The second-order valence-electron chi connectivity index (χ2n) is 6.32. The lowest BCUT2D eigenvalue weighted by Gasteiger charge is -2.28. The van der Waals surface area contributed by atoms with Crippen LogP contribution in [0.1, 0.15) is 41.4 Å². The van der Waals surface area contributed by atoms with E-state index in [0.717, 1.165) is 37.3 Å². The van der Waals surface area contributed by atoms with Crippen LogP contribution in [0.15, 0.2) is 23.0 Å². The van der Waals surface area contributed by atoms with E-state index < -0.39 is 0 Å². The molecule has 4 nitrogen and oxygen atoms in total. The molecule has 120 valence electrons. The van der Waals surface area contributed by atoms with Crippen LogP contribution in [0.3, 0.4) is 0 Å². The first-order chi connectivity index (χ1) is 11.1. The second-order valence-corrected chi connectivity index (χ2v) is 6.73. The summed E-state index contributed by atoms with van der Waals surface area (Å²) in [4.78, 5) is 21.9. The third kappa shape index (κ3) is 2.91. The largest absolute Gasteiger partial charge is 0.310 e. The Morgan fingerprint density at radius 1 is 1.39 bits per heavy atom. The number of aromatic nitrogens is 2. The van der Waals surface area contributed by atoms with Gasteiger partial charge in [-0.05, 0) is 18.9 Å². The topological polar surface area (TPSA) is 49.0 Å². The Labute approximate surface area is 138 Å². The molecular formula is C17H17ClFN3O. The van der Waals surface area contributed by atoms with E-state index in [2.05, 4.69) is 14.9 Å². The van der Waals surface area contributed by atoms with Gasteiger partial charge >= 0.3 is 0 Å². The maximum absolute atomic E-state index is 14.0. The van der Waals surface area contributed by atoms with Crippen molar-refractivity contribution in [2.75, 3.05) is 6.54 Å². The third-order valence-electron chi connectivity index (χ3n) is 4.56. The summed E-state index contributed by atoms with van der Waals surface area (Å²) in [7, 11) is 0. The molecule has 2 heterocycles. The Bertz CT molecular complexity index is 816. The molecule has 0 radical (unpaired) electrons. The zero-order valence-corrected chi connectivity index (χ0v) is 13.4. The molecule has 6 heteroatoms. The molecule has 2 aromatic rings. The van der Waals surface area contributed by atoms with E-state index in [1.54, 1.807) is 18.2 Å². The predicted octanol–water partition coefficient (Wildman–Crippen LogP) is 3.00. The van der Waals surface area contributed by atoms with Gasteiger partial charge in [-0.1, -0.05) is 23.7 Å². The minimum Gasteiger partial charge on any atom is -0.310 e. The number of hydrogen-bond acceptors (Lipinski definition) is 3. The molecule has 0 amide bonds. The summed E-state index contributed by atoms with van der Waals surface area (Å²) in [6.45, 7) is 1.70. The first-order valence-electron chi connectivity index (χ1n) is 7.89. The molecule has 1 saturated carbocycles. The van der Waals surface area contributed by atoms with Crippen molar-refractivity contribution in [2.45, 2.75) is 38.3 Å². The molecule has 0 atom stereocenters. The number of rotatable bonds is 3. The summed E-state index contributed by atoms with van der Waals surface area (Å²) < 4.78 is 14.0. The Balaban J connectivity index is 1.57. The quantitative estimate of drug-likeness (QED) is 0.939. The first-order valence-corrected chi connectivity index (χ1v) is 8.27. The smallest absolute Gasteiger partial charge is 0.255 e. The maximum Gasteiger partial charge on any atom is 0.255 e. The molecule has 1 aromatic carbocycles. The van der Waals surface area contributed by atoms with Crippen molar-refractivity contribution in [3.8, 4) is 0 Å². The molecule has 1 N–H and O–H groups in total. The molecule has 1 fully saturated rings. The molecule has 1 aliphatic carbocycles. The highest BCUT2D eigenvalue weighted by Gasteiger charge is 2.29. The summed E-state index contributed by atoms with van der Waals surface area (Å²) >= 11 is 5.83. The Hall–Kier alpha value is -1.72. The number of nitrogens with one attached hydrogen (secondary N) is 1. The predicted molar refractivity (Wildman–Crippen MR) is 86.1 cm³/mol. The summed E-state index contributed by atoms with van der Waals surface area (Å²) in [6, 6.07) is 5.02. The monoisotopic (exact) mass is 333 g/mol. The Morgan fingerprint density at radius 3 is 3.00 bits per heavy atom. The number of H-pyrrole nitrogens is 1. The van der Waals surface area contributed by atoms with Crippen molar-refractivity contribution in [3.63, 3.8) is 0 Å². The van der Waals surface area contributed by atoms with Crippen LogP contribution in [-0.4, -0.2) is 21.4 Å². The van der Waals surface area contributed by atoms with Crippen molar-refractivity contribution in [3.05, 3.63) is 62.0 Å². The molecule has 0 bridgehead atoms. The van der Waals surface area contributed by atoms with E-state index in [-0.39, 0.29) is 16.4 Å². The number of benzene rings is 1. The van der Waals surface area contributed by atoms with Crippen molar-refractivity contribution >= 4 is 11.6 Å². The highest BCUT2D eigenvalue weighted by molar-refractivity contribution is 6.30. The fourth-order valence-electron chi connectivity index (χ4n) is 3.10. The van der Waals surface area contributed by atoms with Crippen molar-refractivity contribution in [1.82, 2.24) is 14.9 Å². The molecular weight excluding hydrogens is 317 g/mol. The summed E-state index contributed by atoms with van der Waals surface area (Å²) in [5, 5.41) is 0.133. The third-order valence-corrected chi connectivity index (χ3v) is 4.85. The average molecular weight is 334 g/mol. The van der Waals surface area contributed by atoms with Crippen LogP contribution in [0.5, 0.6) is 0 Å². The average Bonchev–Trinajstić information content (AvgIpc) is 3.37. The minimum atomic E-state index is -0.379. The maximum atomic E-state index is 14.0. The van der Waals surface area contributed by atoms with Gasteiger partial charge in [-0.15, -0.1) is 0 Å². The Kier molecular flexibility index (Phi) is 3.70. The molecule has 4 rings (SSSR count). The highest BCUT2D eigenvalue weighted by atomic mass is 35.5. The number of nitrogens with zero attached hydrogens (tertiary/aromatic N) is 2. The standard InChI is InChI=1S/C17H17ClFN3O/c18-13-3-1-2-11(15(13)19)8-22-7-6-14-12(9-22)17(23)21-16(20-14)10-4-5-10/h1-3,10H,4-9H2,(H,20,21,23). The number of aromatic amines is 1. The molecule has 0 spiro atoms. The first kappa shape index (κ1) is 14.8. The molecule has 23 heavy (non-hydrogen) atoms. The van der Waals surface area contributed by atoms with E-state index in [1.807, 2.05) is 0 Å². The number of fused-ring (bicyclic) bond motifs is 1. The van der Waals surface area contributed by atoms with Gasteiger partial charge < -0.3 is 4.98 Å². The van der Waals surface area contributed by atoms with Crippen LogP contribution in [0, 0.1) is 5.82 Å². The summed E-state index contributed by atoms with van der Waals surface area (Å²) in [6.07, 6.45) is 2.95. The van der Waals surface area contributed by atoms with Gasteiger partial charge in [0.2, 0.25) is 0 Å². The van der Waals surface area contributed by atoms with Gasteiger partial charge in [-0.3, -0.25) is 9.69 Å². The van der Waals surface area contributed by atoms with Crippen molar-refractivity contribution in [2.24, 2.45) is 0 Å². The van der Waals surface area contributed by atoms with E-state index in [0.29, 0.717) is 30.1 Å². The van der Waals surface area contributed by atoms with Crippen molar-refractivity contribution < 1.29 is 4.39 Å². The zero-order valence-electron chi connectivity index (χ0n) is 12.6. The van der Waals surface area contributed by atoms with Gasteiger partial charge in [0.25, 0.3) is 5.56 Å². The van der Waals surface area contributed by atoms with Crippen LogP contribution in [0.2, 0.25) is 5.02 Å². The SMILES string of the molecule is O=c1[nH]c(C2CC2)nc2c1CN(Cc1cccc(Cl)c1F)CC2. The lowest BCUT2D eigenvalue weighted by molar-refractivity contribution is 0.238. The van der Waals surface area contributed by atoms with E-state index in [9.17, 15) is 9.18 Å².